The molecule has 0 atom stereocenters. The third-order valence-electron chi connectivity index (χ3n) is 3.91. The van der Waals surface area contributed by atoms with Crippen LogP contribution in [0.5, 0.6) is 0 Å². The highest BCUT2D eigenvalue weighted by Gasteiger charge is 2.04. The standard InChI is InChI=1S/C19H20N2/c1-13-9-14(2)18(15(3)10-13)12-21-17-6-7-19-16(11-17)5-4-8-20-19/h4-11,21H,12H2,1-3H3. The van der Waals surface area contributed by atoms with Crippen molar-refractivity contribution in [2.24, 2.45) is 0 Å². The number of nitrogens with one attached hydrogen (secondary N) is 1. The molecule has 0 saturated heterocycles. The van der Waals surface area contributed by atoms with Gasteiger partial charge in [0.2, 0.25) is 0 Å². The van der Waals surface area contributed by atoms with Crippen molar-refractivity contribution in [1.29, 1.82) is 0 Å². The van der Waals surface area contributed by atoms with Gasteiger partial charge < -0.3 is 5.32 Å². The van der Waals surface area contributed by atoms with Gasteiger partial charge in [0, 0.05) is 23.8 Å². The maximum Gasteiger partial charge on any atom is 0.0703 e. The Morgan fingerprint density at radius 1 is 0.952 bits per heavy atom. The average molecular weight is 276 g/mol. The molecular weight excluding hydrogens is 256 g/mol. The van der Waals surface area contributed by atoms with Crippen molar-refractivity contribution in [1.82, 2.24) is 4.98 Å². The molecule has 0 saturated carbocycles. The Balaban J connectivity index is 1.83. The number of hydrogen-bond acceptors (Lipinski definition) is 2. The first-order valence-corrected chi connectivity index (χ1v) is 7.29. The molecule has 0 aliphatic rings. The molecule has 1 heterocycles. The lowest BCUT2D eigenvalue weighted by Crippen LogP contribution is -2.04. The summed E-state index contributed by atoms with van der Waals surface area (Å²) in [5, 5.41) is 4.69. The zero-order valence-electron chi connectivity index (χ0n) is 12.8. The van der Waals surface area contributed by atoms with Crippen LogP contribution >= 0.6 is 0 Å². The molecule has 2 aromatic carbocycles. The third kappa shape index (κ3) is 2.89. The molecule has 0 radical (unpaired) electrons. The average Bonchev–Trinajstić information content (AvgIpc) is 2.46. The summed E-state index contributed by atoms with van der Waals surface area (Å²) < 4.78 is 0. The molecule has 0 unspecified atom stereocenters. The van der Waals surface area contributed by atoms with Crippen LogP contribution in [0.4, 0.5) is 5.69 Å². The van der Waals surface area contributed by atoms with E-state index in [9.17, 15) is 0 Å². The fourth-order valence-electron chi connectivity index (χ4n) is 2.86. The van der Waals surface area contributed by atoms with Crippen molar-refractivity contribution in [3.63, 3.8) is 0 Å². The van der Waals surface area contributed by atoms with Crippen molar-refractivity contribution in [2.75, 3.05) is 5.32 Å². The molecule has 2 heteroatoms. The molecule has 0 bridgehead atoms. The summed E-state index contributed by atoms with van der Waals surface area (Å²) in [5.41, 5.74) is 7.57. The molecule has 3 rings (SSSR count). The predicted octanol–water partition coefficient (Wildman–Crippen LogP) is 4.77. The first kappa shape index (κ1) is 13.6. The van der Waals surface area contributed by atoms with Gasteiger partial charge in [0.25, 0.3) is 0 Å². The highest BCUT2D eigenvalue weighted by atomic mass is 14.9. The third-order valence-corrected chi connectivity index (χ3v) is 3.91. The second-order valence-corrected chi connectivity index (χ2v) is 5.64. The van der Waals surface area contributed by atoms with Crippen LogP contribution in [0.3, 0.4) is 0 Å². The van der Waals surface area contributed by atoms with E-state index in [1.807, 2.05) is 12.3 Å². The maximum absolute atomic E-state index is 4.35. The van der Waals surface area contributed by atoms with E-state index in [0.717, 1.165) is 17.7 Å². The molecule has 106 valence electrons. The van der Waals surface area contributed by atoms with Crippen LogP contribution in [0, 0.1) is 20.8 Å². The predicted molar refractivity (Wildman–Crippen MR) is 89.7 cm³/mol. The summed E-state index contributed by atoms with van der Waals surface area (Å²) in [4.78, 5) is 4.35. The number of hydrogen-bond donors (Lipinski definition) is 1. The van der Waals surface area contributed by atoms with Crippen molar-refractivity contribution in [3.8, 4) is 0 Å². The summed E-state index contributed by atoms with van der Waals surface area (Å²) in [5.74, 6) is 0. The van der Waals surface area contributed by atoms with E-state index in [4.69, 9.17) is 0 Å². The molecule has 3 aromatic rings. The van der Waals surface area contributed by atoms with Gasteiger partial charge in [-0.25, -0.2) is 0 Å². The quantitative estimate of drug-likeness (QED) is 0.745. The van der Waals surface area contributed by atoms with E-state index in [1.54, 1.807) is 0 Å². The van der Waals surface area contributed by atoms with Gasteiger partial charge in [-0.15, -0.1) is 0 Å². The van der Waals surface area contributed by atoms with Crippen LogP contribution in [-0.4, -0.2) is 4.98 Å². The van der Waals surface area contributed by atoms with E-state index in [2.05, 4.69) is 67.5 Å². The van der Waals surface area contributed by atoms with Gasteiger partial charge in [0.15, 0.2) is 0 Å². The van der Waals surface area contributed by atoms with Crippen molar-refractivity contribution < 1.29 is 0 Å². The number of benzene rings is 2. The van der Waals surface area contributed by atoms with Gasteiger partial charge in [0.1, 0.15) is 0 Å². The van der Waals surface area contributed by atoms with E-state index in [0.29, 0.717) is 0 Å². The zero-order chi connectivity index (χ0) is 14.8. The lowest BCUT2D eigenvalue weighted by atomic mass is 10.00. The number of nitrogens with zero attached hydrogens (tertiary/aromatic N) is 1. The summed E-state index contributed by atoms with van der Waals surface area (Å²) in [6.07, 6.45) is 1.83. The summed E-state index contributed by atoms with van der Waals surface area (Å²) in [7, 11) is 0. The minimum Gasteiger partial charge on any atom is -0.381 e. The smallest absolute Gasteiger partial charge is 0.0703 e. The van der Waals surface area contributed by atoms with E-state index < -0.39 is 0 Å². The number of fused-ring (bicyclic) bond motifs is 1. The van der Waals surface area contributed by atoms with E-state index in [1.165, 1.54) is 27.6 Å². The van der Waals surface area contributed by atoms with Gasteiger partial charge in [-0.2, -0.15) is 0 Å². The van der Waals surface area contributed by atoms with E-state index >= 15 is 0 Å². The van der Waals surface area contributed by atoms with Crippen LogP contribution in [0.25, 0.3) is 10.9 Å². The molecule has 2 nitrogen and oxygen atoms in total. The molecule has 0 aliphatic heterocycles. The molecule has 0 amide bonds. The molecular formula is C19H20N2. The normalized spacial score (nSPS) is 10.8. The largest absolute Gasteiger partial charge is 0.381 e. The second-order valence-electron chi connectivity index (χ2n) is 5.64. The number of anilines is 1. The van der Waals surface area contributed by atoms with Crippen molar-refractivity contribution in [3.05, 3.63) is 70.9 Å². The first-order valence-electron chi connectivity index (χ1n) is 7.29. The van der Waals surface area contributed by atoms with Gasteiger partial charge in [0.05, 0.1) is 5.52 Å². The van der Waals surface area contributed by atoms with Gasteiger partial charge >= 0.3 is 0 Å². The second kappa shape index (κ2) is 5.57. The summed E-state index contributed by atoms with van der Waals surface area (Å²) in [6, 6.07) is 14.9. The van der Waals surface area contributed by atoms with Crippen LogP contribution in [0.15, 0.2) is 48.7 Å². The Hall–Kier alpha value is -2.35. The van der Waals surface area contributed by atoms with Gasteiger partial charge in [-0.1, -0.05) is 23.8 Å². The topological polar surface area (TPSA) is 24.9 Å². The molecule has 1 N–H and O–H groups in total. The number of aryl methyl sites for hydroxylation is 3. The fourth-order valence-corrected chi connectivity index (χ4v) is 2.86. The van der Waals surface area contributed by atoms with Crippen LogP contribution in [0.2, 0.25) is 0 Å². The Morgan fingerprint density at radius 2 is 1.71 bits per heavy atom. The van der Waals surface area contributed by atoms with Crippen molar-refractivity contribution >= 4 is 16.6 Å². The Bertz CT molecular complexity index is 767. The molecule has 0 fully saturated rings. The zero-order valence-corrected chi connectivity index (χ0v) is 12.8. The van der Waals surface area contributed by atoms with Crippen LogP contribution in [0.1, 0.15) is 22.3 Å². The fraction of sp³-hybridized carbons (Fsp3) is 0.211. The lowest BCUT2D eigenvalue weighted by Gasteiger charge is -2.13. The number of aromatic nitrogens is 1. The molecule has 0 spiro atoms. The monoisotopic (exact) mass is 276 g/mol. The summed E-state index contributed by atoms with van der Waals surface area (Å²) >= 11 is 0. The van der Waals surface area contributed by atoms with Crippen LogP contribution < -0.4 is 5.32 Å². The van der Waals surface area contributed by atoms with Gasteiger partial charge in [-0.05, 0) is 61.7 Å². The number of pyridine rings is 1. The van der Waals surface area contributed by atoms with E-state index in [-0.39, 0.29) is 0 Å². The minimum absolute atomic E-state index is 0.851. The van der Waals surface area contributed by atoms with Gasteiger partial charge in [-0.3, -0.25) is 4.98 Å². The SMILES string of the molecule is Cc1cc(C)c(CNc2ccc3ncccc3c2)c(C)c1. The number of rotatable bonds is 3. The first-order chi connectivity index (χ1) is 10.1. The maximum atomic E-state index is 4.35. The molecule has 21 heavy (non-hydrogen) atoms. The summed E-state index contributed by atoms with van der Waals surface area (Å²) in [6.45, 7) is 7.36. The highest BCUT2D eigenvalue weighted by Crippen LogP contribution is 2.20. The van der Waals surface area contributed by atoms with Crippen LogP contribution in [-0.2, 0) is 6.54 Å². The van der Waals surface area contributed by atoms with Crippen molar-refractivity contribution in [2.45, 2.75) is 27.3 Å². The lowest BCUT2D eigenvalue weighted by molar-refractivity contribution is 1.08. The Kier molecular flexibility index (Phi) is 3.61. The molecule has 0 aliphatic carbocycles. The Morgan fingerprint density at radius 3 is 2.48 bits per heavy atom. The molecule has 1 aromatic heterocycles. The Labute approximate surface area is 125 Å². The minimum atomic E-state index is 0.851. The highest BCUT2D eigenvalue weighted by molar-refractivity contribution is 5.82.